The summed E-state index contributed by atoms with van der Waals surface area (Å²) in [7, 11) is 8.09. The Morgan fingerprint density at radius 1 is 0.319 bits per heavy atom. The van der Waals surface area contributed by atoms with E-state index in [1.54, 1.807) is 12.3 Å². The van der Waals surface area contributed by atoms with Gasteiger partial charge in [0.25, 0.3) is 0 Å². The van der Waals surface area contributed by atoms with Gasteiger partial charge in [0.2, 0.25) is 22.8 Å². The summed E-state index contributed by atoms with van der Waals surface area (Å²) in [4.78, 5) is 0. The van der Waals surface area contributed by atoms with Crippen LogP contribution in [0.1, 0.15) is 118 Å². The van der Waals surface area contributed by atoms with Gasteiger partial charge in [-0.15, -0.1) is 0 Å². The number of hydrogen-bond donors (Lipinski definition) is 0. The summed E-state index contributed by atoms with van der Waals surface area (Å²) in [5.74, 6) is -0.449. The summed E-state index contributed by atoms with van der Waals surface area (Å²) in [6.07, 6.45) is 13.6. The highest BCUT2D eigenvalue weighted by Gasteiger charge is 2.29. The van der Waals surface area contributed by atoms with E-state index in [-0.39, 0.29) is 5.41 Å². The Morgan fingerprint density at radius 2 is 0.708 bits per heavy atom. The predicted molar refractivity (Wildman–Crippen MR) is 469 cm³/mol. The van der Waals surface area contributed by atoms with Crippen molar-refractivity contribution in [1.29, 1.82) is 0 Å². The van der Waals surface area contributed by atoms with Crippen LogP contribution in [-0.4, -0.2) is 0 Å². The van der Waals surface area contributed by atoms with Crippen LogP contribution in [-0.2, 0) is 33.6 Å². The Bertz CT molecular complexity index is 7550. The van der Waals surface area contributed by atoms with Crippen molar-refractivity contribution >= 4 is 131 Å². The van der Waals surface area contributed by atoms with Gasteiger partial charge in [-0.25, -0.2) is 18.3 Å². The van der Waals surface area contributed by atoms with Crippen molar-refractivity contribution < 1.29 is 45.5 Å². The molecule has 20 aromatic rings. The van der Waals surface area contributed by atoms with Crippen LogP contribution in [0.15, 0.2) is 279 Å². The molecule has 12 aromatic carbocycles. The minimum atomic E-state index is -2.23. The molecule has 0 N–H and O–H groups in total. The second-order valence-corrected chi connectivity index (χ2v) is 32.2. The van der Waals surface area contributed by atoms with E-state index in [0.29, 0.717) is 27.7 Å². The van der Waals surface area contributed by atoms with Crippen molar-refractivity contribution in [2.75, 3.05) is 0 Å². The van der Waals surface area contributed by atoms with Gasteiger partial charge < -0.3 is 17.7 Å². The van der Waals surface area contributed by atoms with E-state index in [2.05, 4.69) is 235 Å². The van der Waals surface area contributed by atoms with Crippen LogP contribution < -0.4 is 18.3 Å². The number of rotatable bonds is 5. The molecule has 556 valence electrons. The lowest BCUT2D eigenvalue weighted by Gasteiger charge is -2.21. The highest BCUT2D eigenvalue weighted by Crippen LogP contribution is 2.45. The molecule has 113 heavy (non-hydrogen) atoms. The van der Waals surface area contributed by atoms with Crippen LogP contribution in [0.5, 0.6) is 0 Å². The third kappa shape index (κ3) is 13.0. The average molecular weight is 1480 g/mol. The van der Waals surface area contributed by atoms with E-state index < -0.39 is 19.6 Å². The number of benzene rings is 12. The molecule has 21 rings (SSSR count). The number of pyridine rings is 4. The van der Waals surface area contributed by atoms with Crippen LogP contribution in [0, 0.1) is 48.3 Å². The topological polar surface area (TPSA) is 68.1 Å². The van der Waals surface area contributed by atoms with Gasteiger partial charge in [-0.05, 0) is 216 Å². The van der Waals surface area contributed by atoms with Crippen molar-refractivity contribution in [2.45, 2.75) is 113 Å². The highest BCUT2D eigenvalue weighted by atomic mass is 16.3. The molecule has 8 aromatic heterocycles. The van der Waals surface area contributed by atoms with Gasteiger partial charge in [0.15, 0.2) is 24.8 Å². The number of aryl methyl sites for hydroxylation is 11. The second kappa shape index (κ2) is 28.7. The fourth-order valence-electron chi connectivity index (χ4n) is 17.3. The first-order valence-corrected chi connectivity index (χ1v) is 39.3. The Hall–Kier alpha value is -12.5. The third-order valence-corrected chi connectivity index (χ3v) is 23.5. The molecule has 0 spiro atoms. The van der Waals surface area contributed by atoms with E-state index in [9.17, 15) is 0 Å². The smallest absolute Gasteiger partial charge is 0.216 e. The van der Waals surface area contributed by atoms with Crippen molar-refractivity contribution in [3.63, 3.8) is 0 Å². The number of aromatic nitrogens is 4. The van der Waals surface area contributed by atoms with E-state index in [1.165, 1.54) is 72.1 Å². The van der Waals surface area contributed by atoms with E-state index in [0.717, 1.165) is 158 Å². The molecule has 0 unspecified atom stereocenters. The summed E-state index contributed by atoms with van der Waals surface area (Å²) in [6.45, 7) is 12.5. The molecule has 0 bridgehead atoms. The Morgan fingerprint density at radius 3 is 1.15 bits per heavy atom. The van der Waals surface area contributed by atoms with Gasteiger partial charge in [0.1, 0.15) is 72.9 Å². The number of fused-ring (bicyclic) bond motifs is 16. The van der Waals surface area contributed by atoms with Gasteiger partial charge in [0, 0.05) is 99.7 Å². The number of nitrogens with zero attached hydrogens (tertiary/aromatic N) is 4. The van der Waals surface area contributed by atoms with Crippen LogP contribution >= 0.6 is 0 Å². The van der Waals surface area contributed by atoms with Crippen LogP contribution in [0.3, 0.4) is 0 Å². The largest absolute Gasteiger partial charge is 0.455 e. The second-order valence-electron chi connectivity index (χ2n) is 32.2. The van der Waals surface area contributed by atoms with Crippen molar-refractivity contribution in [3.8, 4) is 45.0 Å². The predicted octanol–water partition coefficient (Wildman–Crippen LogP) is 26.4. The third-order valence-electron chi connectivity index (χ3n) is 23.5. The van der Waals surface area contributed by atoms with Gasteiger partial charge in [-0.2, -0.15) is 0 Å². The summed E-state index contributed by atoms with van der Waals surface area (Å²) in [5.41, 5.74) is 23.7. The first kappa shape index (κ1) is 64.2. The first-order valence-electron chi connectivity index (χ1n) is 42.8. The van der Waals surface area contributed by atoms with Crippen molar-refractivity contribution in [2.24, 2.45) is 28.2 Å². The monoisotopic (exact) mass is 1480 g/mol. The molecule has 0 saturated heterocycles. The zero-order chi connectivity index (χ0) is 83.8. The standard InChI is InChI=1S/C29H28NO.C27H26NO.C25H22NO.C24H20NO/c1-19-12-14-24-25-16-21-10-6-7-11-22(21)17-27(25)31-29(24)28(19)26-15-13-23(18-30(26)2)20-8-4-3-5-9-20;1-17-10-12-21-22-14-18-8-6-7-9-19(18)15-24(22)29-26(21)25(17)23-13-11-20(16-28(23)5)27(2,3)4;1-15-9-10-20-21-12-18-7-5-6-8-19(18)13-23(21)27-25(20)24(15)22-11-16(2)17(3)14-26(22)4;1-15-12-16(2)23(20-10-6-7-11-25(20)3)24-22(15)19-13-17-8-4-5-9-18(17)14-21(19)26-24/h6-7,10-18,20H,3-5,8-9H2,1-2H3;6-16H,1-5H3;5-14H,1-4H3;4-14H,1-3H3/q4*+1/i20D;;3D3;1D3. The summed E-state index contributed by atoms with van der Waals surface area (Å²) in [6, 6.07) is 81.9. The number of furan rings is 4. The quantitative estimate of drug-likeness (QED) is 0.161. The Balaban J connectivity index is 0.000000110. The molecule has 0 amide bonds. The minimum Gasteiger partial charge on any atom is -0.455 e. The normalized spacial score (nSPS) is 14.2. The fourth-order valence-corrected chi connectivity index (χ4v) is 17.3. The van der Waals surface area contributed by atoms with Crippen LogP contribution in [0.2, 0.25) is 0 Å². The van der Waals surface area contributed by atoms with Gasteiger partial charge in [-0.3, -0.25) is 0 Å². The van der Waals surface area contributed by atoms with E-state index in [1.807, 2.05) is 116 Å². The minimum absolute atomic E-state index is 0.122. The van der Waals surface area contributed by atoms with Gasteiger partial charge in [0.05, 0.1) is 22.3 Å². The molecule has 0 atom stereocenters. The van der Waals surface area contributed by atoms with Crippen molar-refractivity contribution in [1.82, 2.24) is 0 Å². The molecule has 8 nitrogen and oxygen atoms in total. The number of hydrogen-bond acceptors (Lipinski definition) is 4. The average Bonchev–Trinajstić information content (AvgIpc) is 1.58. The Labute approximate surface area is 669 Å². The maximum Gasteiger partial charge on any atom is 0.216 e. The lowest BCUT2D eigenvalue weighted by Crippen LogP contribution is -2.33. The summed E-state index contributed by atoms with van der Waals surface area (Å²) >= 11 is 0. The van der Waals surface area contributed by atoms with Gasteiger partial charge in [-0.1, -0.05) is 180 Å². The lowest BCUT2D eigenvalue weighted by atomic mass is 9.84. The molecular weight excluding hydrogens is 1380 g/mol. The van der Waals surface area contributed by atoms with Gasteiger partial charge >= 0.3 is 0 Å². The molecule has 0 aliphatic heterocycles. The highest BCUT2D eigenvalue weighted by molar-refractivity contribution is 6.18. The zero-order valence-corrected chi connectivity index (χ0v) is 66.3. The molecule has 1 aliphatic carbocycles. The van der Waals surface area contributed by atoms with Crippen LogP contribution in [0.4, 0.5) is 0 Å². The fraction of sp³-hybridized carbons (Fsp3) is 0.200. The summed E-state index contributed by atoms with van der Waals surface area (Å²) in [5, 5.41) is 17.6. The molecule has 0 radical (unpaired) electrons. The maximum absolute atomic E-state index is 9.02. The molecule has 1 aliphatic rings. The maximum atomic E-state index is 9.02. The van der Waals surface area contributed by atoms with Crippen molar-refractivity contribution in [3.05, 3.63) is 311 Å². The molecule has 8 heteroatoms. The van der Waals surface area contributed by atoms with Crippen LogP contribution in [0.25, 0.3) is 176 Å². The van der Waals surface area contributed by atoms with E-state index >= 15 is 0 Å². The SMILES string of the molecule is Cc1ccc2c(oc3cc4ccccc4cc32)c1-c1ccc(C(C)(C)C)c[n+]1C.[2H]C([2H])([2H])c1c[n+](C)c(-c2c(C)ccc3c2oc2cc4ccccc4cc23)cc1C.[2H]C([2H])([2H])c1cc(C)c(-c2cccc[n+]2C)c2oc3cc4ccccc4cc3c12.[2H]C1(c2ccc(-c3c(C)ccc4c3oc3cc5ccccc5cc34)[n+](C)c2)CCCCC1. The molecule has 1 saturated carbocycles. The van der Waals surface area contributed by atoms with E-state index in [4.69, 9.17) is 27.3 Å². The first-order chi connectivity index (χ1) is 57.4. The molecule has 8 heterocycles. The summed E-state index contributed by atoms with van der Waals surface area (Å²) < 4.78 is 90.9. The lowest BCUT2D eigenvalue weighted by molar-refractivity contribution is -0.661. The zero-order valence-electron chi connectivity index (χ0n) is 73.3. The molecular formula is C105H96N4O4+4. The molecule has 1 fully saturated rings. The Kier molecular flexibility index (Phi) is 16.3.